The fourth-order valence-corrected chi connectivity index (χ4v) is 3.88. The molecule has 0 saturated heterocycles. The fraction of sp³-hybridized carbons (Fsp3) is 0.280. The van der Waals surface area contributed by atoms with E-state index in [1.807, 2.05) is 54.6 Å². The fourth-order valence-electron chi connectivity index (χ4n) is 2.85. The Labute approximate surface area is 170 Å². The summed E-state index contributed by atoms with van der Waals surface area (Å²) in [5, 5.41) is 10.9. The first-order valence-electron chi connectivity index (χ1n) is 9.80. The summed E-state index contributed by atoms with van der Waals surface area (Å²) in [5.74, 6) is 0.877. The number of benzene rings is 3. The van der Waals surface area contributed by atoms with Gasteiger partial charge in [-0.1, -0.05) is 87.5 Å². The van der Waals surface area contributed by atoms with Gasteiger partial charge in [0, 0.05) is 0 Å². The monoisotopic (exact) mass is 390 g/mol. The third-order valence-electron chi connectivity index (χ3n) is 5.71. The van der Waals surface area contributed by atoms with Crippen molar-refractivity contribution >= 4 is 8.32 Å². The average molecular weight is 391 g/mol. The van der Waals surface area contributed by atoms with E-state index >= 15 is 0 Å². The molecule has 3 aromatic rings. The van der Waals surface area contributed by atoms with Gasteiger partial charge in [0.15, 0.2) is 0 Å². The number of aliphatic hydroxyl groups is 1. The maximum Gasteiger partial charge on any atom is 0.250 e. The third-order valence-corrected chi connectivity index (χ3v) is 10.1. The number of hydrogen-bond acceptors (Lipinski definition) is 2. The topological polar surface area (TPSA) is 29.5 Å². The molecule has 0 radical (unpaired) electrons. The molecule has 3 aromatic carbocycles. The Hall–Kier alpha value is -2.36. The summed E-state index contributed by atoms with van der Waals surface area (Å²) in [4.78, 5) is 0. The first kappa shape index (κ1) is 20.4. The van der Waals surface area contributed by atoms with Crippen LogP contribution in [0.3, 0.4) is 0 Å². The van der Waals surface area contributed by atoms with E-state index < -0.39 is 14.4 Å². The molecular formula is C25H30O2Si. The maximum atomic E-state index is 10.8. The standard InChI is InChI=1S/C25H30O2Si/c1-25(2,3)28(4,5)27-23-17-15-22(16-18-23)24(26)21-13-11-20(12-14-21)19-9-7-6-8-10-19/h6-18,24,26H,1-5H3. The van der Waals surface area contributed by atoms with Crippen molar-refractivity contribution in [2.45, 2.75) is 45.0 Å². The summed E-state index contributed by atoms with van der Waals surface area (Å²) in [5.41, 5.74) is 4.08. The number of rotatable bonds is 5. The molecule has 0 spiro atoms. The minimum Gasteiger partial charge on any atom is -0.544 e. The van der Waals surface area contributed by atoms with E-state index in [1.165, 1.54) is 5.56 Å². The number of hydrogen-bond donors (Lipinski definition) is 1. The molecule has 0 aliphatic rings. The zero-order chi connectivity index (χ0) is 20.4. The molecule has 28 heavy (non-hydrogen) atoms. The van der Waals surface area contributed by atoms with Gasteiger partial charge in [0.05, 0.1) is 0 Å². The molecule has 0 heterocycles. The van der Waals surface area contributed by atoms with E-state index in [0.717, 1.165) is 22.4 Å². The van der Waals surface area contributed by atoms with Gasteiger partial charge in [-0.3, -0.25) is 0 Å². The van der Waals surface area contributed by atoms with Gasteiger partial charge in [-0.15, -0.1) is 0 Å². The van der Waals surface area contributed by atoms with Crippen LogP contribution in [-0.2, 0) is 0 Å². The smallest absolute Gasteiger partial charge is 0.250 e. The Morgan fingerprint density at radius 2 is 1.18 bits per heavy atom. The Bertz CT molecular complexity index is 892. The molecule has 1 N–H and O–H groups in total. The highest BCUT2D eigenvalue weighted by molar-refractivity contribution is 6.74. The van der Waals surface area contributed by atoms with Gasteiger partial charge in [-0.2, -0.15) is 0 Å². The van der Waals surface area contributed by atoms with Crippen LogP contribution in [0.5, 0.6) is 5.75 Å². The summed E-state index contributed by atoms with van der Waals surface area (Å²) < 4.78 is 6.33. The molecule has 0 bridgehead atoms. The lowest BCUT2D eigenvalue weighted by Gasteiger charge is -2.36. The van der Waals surface area contributed by atoms with Gasteiger partial charge in [0.25, 0.3) is 0 Å². The second kappa shape index (κ2) is 7.94. The molecule has 0 aliphatic carbocycles. The van der Waals surface area contributed by atoms with Crippen molar-refractivity contribution in [1.29, 1.82) is 0 Å². The van der Waals surface area contributed by atoms with Crippen molar-refractivity contribution in [1.82, 2.24) is 0 Å². The van der Waals surface area contributed by atoms with Gasteiger partial charge in [0.2, 0.25) is 8.32 Å². The molecule has 1 atom stereocenters. The van der Waals surface area contributed by atoms with Crippen LogP contribution in [0.1, 0.15) is 38.0 Å². The van der Waals surface area contributed by atoms with Gasteiger partial charge < -0.3 is 9.53 Å². The van der Waals surface area contributed by atoms with Gasteiger partial charge >= 0.3 is 0 Å². The molecule has 2 nitrogen and oxygen atoms in total. The summed E-state index contributed by atoms with van der Waals surface area (Å²) in [6, 6.07) is 26.2. The lowest BCUT2D eigenvalue weighted by molar-refractivity contribution is 0.220. The predicted molar refractivity (Wildman–Crippen MR) is 120 cm³/mol. The van der Waals surface area contributed by atoms with Crippen molar-refractivity contribution in [3.05, 3.63) is 90.0 Å². The Balaban J connectivity index is 1.73. The minimum atomic E-state index is -1.86. The second-order valence-electron chi connectivity index (χ2n) is 8.82. The Kier molecular flexibility index (Phi) is 5.78. The molecule has 3 heteroatoms. The summed E-state index contributed by atoms with van der Waals surface area (Å²) in [7, 11) is -1.86. The molecule has 0 aliphatic heterocycles. The highest BCUT2D eigenvalue weighted by Crippen LogP contribution is 2.37. The van der Waals surface area contributed by atoms with Gasteiger partial charge in [0.1, 0.15) is 11.9 Å². The van der Waals surface area contributed by atoms with E-state index in [9.17, 15) is 5.11 Å². The number of aliphatic hydroxyl groups excluding tert-OH is 1. The molecule has 146 valence electrons. The van der Waals surface area contributed by atoms with Crippen LogP contribution < -0.4 is 4.43 Å². The van der Waals surface area contributed by atoms with E-state index in [1.54, 1.807) is 0 Å². The zero-order valence-electron chi connectivity index (χ0n) is 17.4. The van der Waals surface area contributed by atoms with Crippen molar-refractivity contribution in [2.75, 3.05) is 0 Å². The summed E-state index contributed by atoms with van der Waals surface area (Å²) in [6.07, 6.45) is -0.647. The van der Waals surface area contributed by atoms with E-state index in [2.05, 4.69) is 58.1 Å². The van der Waals surface area contributed by atoms with Crippen molar-refractivity contribution < 1.29 is 9.53 Å². The van der Waals surface area contributed by atoms with E-state index in [4.69, 9.17) is 4.43 Å². The van der Waals surface area contributed by atoms with Crippen molar-refractivity contribution in [2.24, 2.45) is 0 Å². The van der Waals surface area contributed by atoms with Crippen molar-refractivity contribution in [3.8, 4) is 16.9 Å². The molecule has 3 rings (SSSR count). The highest BCUT2D eigenvalue weighted by atomic mass is 28.4. The second-order valence-corrected chi connectivity index (χ2v) is 13.5. The van der Waals surface area contributed by atoms with Crippen LogP contribution in [0, 0.1) is 0 Å². The lowest BCUT2D eigenvalue weighted by atomic mass is 9.98. The Morgan fingerprint density at radius 3 is 1.68 bits per heavy atom. The van der Waals surface area contributed by atoms with Crippen LogP contribution in [0.15, 0.2) is 78.9 Å². The molecule has 0 saturated carbocycles. The average Bonchev–Trinajstić information content (AvgIpc) is 2.68. The van der Waals surface area contributed by atoms with Gasteiger partial charge in [-0.05, 0) is 52.5 Å². The van der Waals surface area contributed by atoms with Crippen molar-refractivity contribution in [3.63, 3.8) is 0 Å². The first-order valence-corrected chi connectivity index (χ1v) is 12.7. The quantitative estimate of drug-likeness (QED) is 0.484. The zero-order valence-corrected chi connectivity index (χ0v) is 18.4. The predicted octanol–water partition coefficient (Wildman–Crippen LogP) is 6.82. The SMILES string of the molecule is CC(C)(C)[Si](C)(C)Oc1ccc(C(O)c2ccc(-c3ccccc3)cc2)cc1. The van der Waals surface area contributed by atoms with Crippen LogP contribution in [0.4, 0.5) is 0 Å². The van der Waals surface area contributed by atoms with Crippen LogP contribution in [0.25, 0.3) is 11.1 Å². The van der Waals surface area contributed by atoms with E-state index in [0.29, 0.717) is 0 Å². The Morgan fingerprint density at radius 1 is 0.714 bits per heavy atom. The van der Waals surface area contributed by atoms with E-state index in [-0.39, 0.29) is 5.04 Å². The van der Waals surface area contributed by atoms with Crippen LogP contribution >= 0.6 is 0 Å². The molecule has 0 fully saturated rings. The molecule has 1 unspecified atom stereocenters. The summed E-state index contributed by atoms with van der Waals surface area (Å²) in [6.45, 7) is 11.2. The molecule has 0 amide bonds. The van der Waals surface area contributed by atoms with Crippen LogP contribution in [0.2, 0.25) is 18.1 Å². The first-order chi connectivity index (χ1) is 13.2. The highest BCUT2D eigenvalue weighted by Gasteiger charge is 2.38. The molecular weight excluding hydrogens is 360 g/mol. The molecule has 0 aromatic heterocycles. The normalized spacial score (nSPS) is 13.2. The van der Waals surface area contributed by atoms with Crippen LogP contribution in [-0.4, -0.2) is 13.4 Å². The third kappa shape index (κ3) is 4.54. The largest absolute Gasteiger partial charge is 0.544 e. The van der Waals surface area contributed by atoms with Gasteiger partial charge in [-0.25, -0.2) is 0 Å². The maximum absolute atomic E-state index is 10.8. The minimum absolute atomic E-state index is 0.158. The lowest BCUT2D eigenvalue weighted by Crippen LogP contribution is -2.43. The summed E-state index contributed by atoms with van der Waals surface area (Å²) >= 11 is 0.